The summed E-state index contributed by atoms with van der Waals surface area (Å²) in [5, 5.41) is 0. The van der Waals surface area contributed by atoms with Crippen molar-refractivity contribution in [2.45, 2.75) is 65.8 Å². The number of nitrogens with one attached hydrogen (secondary N) is 1. The number of hydrazine groups is 1. The molecule has 0 bridgehead atoms. The van der Waals surface area contributed by atoms with E-state index >= 15 is 0 Å². The molecule has 0 radical (unpaired) electrons. The van der Waals surface area contributed by atoms with Gasteiger partial charge in [0.05, 0.1) is 0 Å². The first-order valence-electron chi connectivity index (χ1n) is 7.65. The maximum atomic E-state index is 5.81. The predicted molar refractivity (Wildman–Crippen MR) is 83.9 cm³/mol. The predicted octanol–water partition coefficient (Wildman–Crippen LogP) is 4.41. The minimum atomic E-state index is 0.279. The largest absolute Gasteiger partial charge is 0.271 e. The van der Waals surface area contributed by atoms with E-state index < -0.39 is 0 Å². The van der Waals surface area contributed by atoms with Gasteiger partial charge in [0, 0.05) is 6.04 Å². The minimum absolute atomic E-state index is 0.279. The fourth-order valence-electron chi connectivity index (χ4n) is 2.73. The second-order valence-corrected chi connectivity index (χ2v) is 5.73. The van der Waals surface area contributed by atoms with Gasteiger partial charge in [-0.05, 0) is 37.3 Å². The van der Waals surface area contributed by atoms with Gasteiger partial charge >= 0.3 is 0 Å². The molecule has 19 heavy (non-hydrogen) atoms. The first kappa shape index (κ1) is 16.2. The van der Waals surface area contributed by atoms with Crippen LogP contribution < -0.4 is 11.3 Å². The van der Waals surface area contributed by atoms with Gasteiger partial charge in [0.2, 0.25) is 0 Å². The van der Waals surface area contributed by atoms with Crippen LogP contribution in [0.15, 0.2) is 18.2 Å². The van der Waals surface area contributed by atoms with E-state index in [0.717, 1.165) is 12.3 Å². The molecule has 0 spiro atoms. The molecule has 0 saturated heterocycles. The van der Waals surface area contributed by atoms with E-state index in [1.807, 2.05) is 0 Å². The summed E-state index contributed by atoms with van der Waals surface area (Å²) in [5.74, 6) is 6.57. The van der Waals surface area contributed by atoms with Crippen LogP contribution in [0.5, 0.6) is 0 Å². The van der Waals surface area contributed by atoms with Crippen molar-refractivity contribution in [2.24, 2.45) is 11.8 Å². The first-order chi connectivity index (χ1) is 9.12. The molecule has 108 valence electrons. The first-order valence-corrected chi connectivity index (χ1v) is 7.65. The van der Waals surface area contributed by atoms with E-state index in [4.69, 9.17) is 5.84 Å². The highest BCUT2D eigenvalue weighted by atomic mass is 15.2. The van der Waals surface area contributed by atoms with Gasteiger partial charge in [0.15, 0.2) is 0 Å². The molecular weight excluding hydrogens is 232 g/mol. The SMILES string of the molecule is CCCCC(CC)CC(NN)c1cc(C)ccc1C. The Bertz CT molecular complexity index is 374. The van der Waals surface area contributed by atoms with Crippen LogP contribution in [0.25, 0.3) is 0 Å². The Morgan fingerprint density at radius 1 is 1.21 bits per heavy atom. The molecule has 1 rings (SSSR count). The van der Waals surface area contributed by atoms with Gasteiger partial charge in [-0.25, -0.2) is 0 Å². The standard InChI is InChI=1S/C17H30N2/c1-5-7-8-15(6-2)12-17(19-18)16-11-13(3)9-10-14(16)4/h9-11,15,17,19H,5-8,12,18H2,1-4H3. The van der Waals surface area contributed by atoms with Crippen LogP contribution >= 0.6 is 0 Å². The van der Waals surface area contributed by atoms with E-state index in [0.29, 0.717) is 0 Å². The zero-order valence-corrected chi connectivity index (χ0v) is 13.0. The van der Waals surface area contributed by atoms with E-state index in [-0.39, 0.29) is 6.04 Å². The third-order valence-electron chi connectivity index (χ3n) is 4.12. The lowest BCUT2D eigenvalue weighted by Crippen LogP contribution is -2.30. The molecule has 0 saturated carbocycles. The van der Waals surface area contributed by atoms with Gasteiger partial charge in [0.25, 0.3) is 0 Å². The number of nitrogens with two attached hydrogens (primary N) is 1. The number of unbranched alkanes of at least 4 members (excludes halogenated alkanes) is 1. The summed E-state index contributed by atoms with van der Waals surface area (Å²) in [4.78, 5) is 0. The lowest BCUT2D eigenvalue weighted by atomic mass is 9.87. The molecule has 0 aromatic heterocycles. The lowest BCUT2D eigenvalue weighted by Gasteiger charge is -2.24. The maximum absolute atomic E-state index is 5.81. The van der Waals surface area contributed by atoms with Gasteiger partial charge < -0.3 is 0 Å². The summed E-state index contributed by atoms with van der Waals surface area (Å²) in [6.45, 7) is 8.87. The van der Waals surface area contributed by atoms with Crippen molar-refractivity contribution in [3.8, 4) is 0 Å². The van der Waals surface area contributed by atoms with E-state index in [1.165, 1.54) is 42.4 Å². The normalized spacial score (nSPS) is 14.4. The monoisotopic (exact) mass is 262 g/mol. The average Bonchev–Trinajstić information content (AvgIpc) is 2.42. The van der Waals surface area contributed by atoms with Crippen LogP contribution in [-0.2, 0) is 0 Å². The quantitative estimate of drug-likeness (QED) is 0.538. The molecule has 1 aromatic rings. The van der Waals surface area contributed by atoms with Crippen LogP contribution in [0.1, 0.15) is 68.7 Å². The van der Waals surface area contributed by atoms with Crippen molar-refractivity contribution in [2.75, 3.05) is 0 Å². The maximum Gasteiger partial charge on any atom is 0.0465 e. The highest BCUT2D eigenvalue weighted by molar-refractivity contribution is 5.32. The van der Waals surface area contributed by atoms with Crippen molar-refractivity contribution < 1.29 is 0 Å². The van der Waals surface area contributed by atoms with E-state index in [2.05, 4.69) is 51.3 Å². The van der Waals surface area contributed by atoms with Gasteiger partial charge in [-0.2, -0.15) is 0 Å². The summed E-state index contributed by atoms with van der Waals surface area (Å²) in [6, 6.07) is 6.91. The third-order valence-corrected chi connectivity index (χ3v) is 4.12. The second kappa shape index (κ2) is 8.34. The van der Waals surface area contributed by atoms with Crippen molar-refractivity contribution in [3.63, 3.8) is 0 Å². The molecule has 0 amide bonds. The second-order valence-electron chi connectivity index (χ2n) is 5.73. The highest BCUT2D eigenvalue weighted by Gasteiger charge is 2.17. The number of rotatable bonds is 8. The van der Waals surface area contributed by atoms with Gasteiger partial charge in [-0.1, -0.05) is 63.3 Å². The Morgan fingerprint density at radius 2 is 1.95 bits per heavy atom. The fourth-order valence-corrected chi connectivity index (χ4v) is 2.73. The molecule has 3 N–H and O–H groups in total. The molecule has 2 unspecified atom stereocenters. The van der Waals surface area contributed by atoms with Crippen molar-refractivity contribution in [1.82, 2.24) is 5.43 Å². The Labute approximate surface area is 118 Å². The lowest BCUT2D eigenvalue weighted by molar-refractivity contribution is 0.355. The topological polar surface area (TPSA) is 38.0 Å². The minimum Gasteiger partial charge on any atom is -0.271 e. The molecular formula is C17H30N2. The van der Waals surface area contributed by atoms with E-state index in [1.54, 1.807) is 0 Å². The van der Waals surface area contributed by atoms with Crippen molar-refractivity contribution in [1.29, 1.82) is 0 Å². The van der Waals surface area contributed by atoms with E-state index in [9.17, 15) is 0 Å². The average molecular weight is 262 g/mol. The summed E-state index contributed by atoms with van der Waals surface area (Å²) in [5.41, 5.74) is 7.03. The summed E-state index contributed by atoms with van der Waals surface area (Å²) < 4.78 is 0. The van der Waals surface area contributed by atoms with Gasteiger partial charge in [-0.15, -0.1) is 0 Å². The molecule has 0 heterocycles. The molecule has 1 aromatic carbocycles. The zero-order chi connectivity index (χ0) is 14.3. The van der Waals surface area contributed by atoms with Gasteiger partial charge in [-0.3, -0.25) is 11.3 Å². The molecule has 0 aliphatic carbocycles. The summed E-state index contributed by atoms with van der Waals surface area (Å²) >= 11 is 0. The molecule has 0 fully saturated rings. The molecule has 0 aliphatic rings. The Kier molecular flexibility index (Phi) is 7.11. The smallest absolute Gasteiger partial charge is 0.0465 e. The van der Waals surface area contributed by atoms with Crippen LogP contribution in [0.4, 0.5) is 0 Å². The summed E-state index contributed by atoms with van der Waals surface area (Å²) in [7, 11) is 0. The van der Waals surface area contributed by atoms with Crippen LogP contribution in [0.2, 0.25) is 0 Å². The Balaban J connectivity index is 2.78. The molecule has 0 aliphatic heterocycles. The molecule has 2 nitrogen and oxygen atoms in total. The summed E-state index contributed by atoms with van der Waals surface area (Å²) in [6.07, 6.45) is 6.29. The van der Waals surface area contributed by atoms with Crippen LogP contribution in [0.3, 0.4) is 0 Å². The van der Waals surface area contributed by atoms with Crippen LogP contribution in [0, 0.1) is 19.8 Å². The Morgan fingerprint density at radius 3 is 2.53 bits per heavy atom. The number of aryl methyl sites for hydroxylation is 2. The Hall–Kier alpha value is -0.860. The fraction of sp³-hybridized carbons (Fsp3) is 0.647. The zero-order valence-electron chi connectivity index (χ0n) is 13.0. The number of benzene rings is 1. The van der Waals surface area contributed by atoms with Crippen molar-refractivity contribution in [3.05, 3.63) is 34.9 Å². The number of hydrogen-bond acceptors (Lipinski definition) is 2. The molecule has 2 heteroatoms. The third kappa shape index (κ3) is 4.96. The van der Waals surface area contributed by atoms with Crippen molar-refractivity contribution >= 4 is 0 Å². The molecule has 2 atom stereocenters. The van der Waals surface area contributed by atoms with Gasteiger partial charge in [0.1, 0.15) is 0 Å². The van der Waals surface area contributed by atoms with Crippen LogP contribution in [-0.4, -0.2) is 0 Å². The highest BCUT2D eigenvalue weighted by Crippen LogP contribution is 2.28. The number of hydrogen-bond donors (Lipinski definition) is 2.